The lowest BCUT2D eigenvalue weighted by atomic mass is 9.71. The third-order valence-electron chi connectivity index (χ3n) is 3.52. The fraction of sp³-hybridized carbons (Fsp3) is 0.636. The first-order valence-corrected chi connectivity index (χ1v) is 5.59. The fourth-order valence-corrected chi connectivity index (χ4v) is 2.62. The summed E-state index contributed by atoms with van der Waals surface area (Å²) >= 11 is 0. The molecule has 80 valence electrons. The molecule has 0 saturated heterocycles. The number of allylic oxidation sites excluding steroid dienone is 1. The molecule has 1 aromatic rings. The maximum Gasteiger partial charge on any atom is 0.227 e. The van der Waals surface area contributed by atoms with Crippen molar-refractivity contribution in [3.63, 3.8) is 0 Å². The van der Waals surface area contributed by atoms with Gasteiger partial charge in [-0.15, -0.1) is 0 Å². The summed E-state index contributed by atoms with van der Waals surface area (Å²) in [6, 6.07) is 0.677. The normalized spacial score (nSPS) is 32.7. The molecule has 0 radical (unpaired) electrons. The first-order chi connectivity index (χ1) is 7.43. The Balaban J connectivity index is 1.42. The van der Waals surface area contributed by atoms with Gasteiger partial charge in [0.05, 0.1) is 0 Å². The van der Waals surface area contributed by atoms with E-state index in [0.29, 0.717) is 6.04 Å². The molecule has 0 aromatic carbocycles. The molecule has 1 N–H and O–H groups in total. The zero-order valence-electron chi connectivity index (χ0n) is 8.60. The highest BCUT2D eigenvalue weighted by molar-refractivity contribution is 5.12. The minimum atomic E-state index is 0.677. The van der Waals surface area contributed by atoms with Crippen LogP contribution in [0.3, 0.4) is 0 Å². The molecule has 4 heteroatoms. The molecule has 3 unspecified atom stereocenters. The number of nitrogens with one attached hydrogen (secondary N) is 1. The first-order valence-electron chi connectivity index (χ1n) is 5.59. The van der Waals surface area contributed by atoms with Crippen molar-refractivity contribution in [2.45, 2.75) is 25.3 Å². The van der Waals surface area contributed by atoms with Gasteiger partial charge in [0, 0.05) is 19.0 Å². The van der Waals surface area contributed by atoms with Crippen molar-refractivity contribution in [1.29, 1.82) is 0 Å². The summed E-state index contributed by atoms with van der Waals surface area (Å²) in [6.07, 6.45) is 9.56. The molecule has 2 aliphatic rings. The molecule has 1 heterocycles. The topological polar surface area (TPSA) is 51.0 Å². The van der Waals surface area contributed by atoms with Gasteiger partial charge in [-0.2, -0.15) is 4.98 Å². The number of aromatic nitrogens is 2. The van der Waals surface area contributed by atoms with Crippen LogP contribution in [0.2, 0.25) is 0 Å². The van der Waals surface area contributed by atoms with Gasteiger partial charge in [0.1, 0.15) is 0 Å². The minimum absolute atomic E-state index is 0.677. The lowest BCUT2D eigenvalue weighted by Gasteiger charge is -2.40. The van der Waals surface area contributed by atoms with Crippen LogP contribution in [0.25, 0.3) is 0 Å². The zero-order valence-corrected chi connectivity index (χ0v) is 8.60. The Kier molecular flexibility index (Phi) is 2.29. The summed E-state index contributed by atoms with van der Waals surface area (Å²) in [5, 5.41) is 7.13. The van der Waals surface area contributed by atoms with Crippen molar-refractivity contribution in [3.05, 3.63) is 24.4 Å². The van der Waals surface area contributed by atoms with Crippen LogP contribution in [0.1, 0.15) is 18.7 Å². The zero-order chi connectivity index (χ0) is 10.1. The summed E-state index contributed by atoms with van der Waals surface area (Å²) in [5.74, 6) is 2.43. The molecule has 1 fully saturated rings. The Morgan fingerprint density at radius 3 is 3.33 bits per heavy atom. The van der Waals surface area contributed by atoms with Gasteiger partial charge in [-0.1, -0.05) is 17.3 Å². The van der Waals surface area contributed by atoms with E-state index < -0.39 is 0 Å². The van der Waals surface area contributed by atoms with Crippen molar-refractivity contribution in [1.82, 2.24) is 15.5 Å². The van der Waals surface area contributed by atoms with Gasteiger partial charge in [-0.05, 0) is 24.7 Å². The van der Waals surface area contributed by atoms with Gasteiger partial charge in [-0.25, -0.2) is 0 Å². The van der Waals surface area contributed by atoms with Crippen molar-refractivity contribution < 1.29 is 4.52 Å². The van der Waals surface area contributed by atoms with E-state index in [0.717, 1.165) is 30.7 Å². The molecular weight excluding hydrogens is 190 g/mol. The van der Waals surface area contributed by atoms with Crippen LogP contribution in [-0.2, 0) is 6.42 Å². The lowest BCUT2D eigenvalue weighted by Crippen LogP contribution is -2.48. The molecule has 0 bridgehead atoms. The second kappa shape index (κ2) is 3.77. The average molecular weight is 205 g/mol. The molecule has 2 aliphatic carbocycles. The van der Waals surface area contributed by atoms with Crippen LogP contribution in [0.5, 0.6) is 0 Å². The molecular formula is C11H15N3O. The van der Waals surface area contributed by atoms with Crippen LogP contribution < -0.4 is 5.32 Å². The van der Waals surface area contributed by atoms with Crippen molar-refractivity contribution in [2.75, 3.05) is 6.54 Å². The van der Waals surface area contributed by atoms with Gasteiger partial charge >= 0.3 is 0 Å². The highest BCUT2D eigenvalue weighted by Crippen LogP contribution is 2.42. The minimum Gasteiger partial charge on any atom is -0.340 e. The van der Waals surface area contributed by atoms with E-state index >= 15 is 0 Å². The summed E-state index contributed by atoms with van der Waals surface area (Å²) in [4.78, 5) is 3.99. The van der Waals surface area contributed by atoms with E-state index in [1.165, 1.54) is 19.2 Å². The van der Waals surface area contributed by atoms with Crippen LogP contribution in [0.15, 0.2) is 23.0 Å². The van der Waals surface area contributed by atoms with E-state index in [1.54, 1.807) is 0 Å². The Morgan fingerprint density at radius 2 is 2.53 bits per heavy atom. The fourth-order valence-electron chi connectivity index (χ4n) is 2.62. The average Bonchev–Trinajstić information content (AvgIpc) is 2.82. The molecule has 0 aliphatic heterocycles. The standard InChI is InChI=1S/C11H15N3O/c1-2-8-6-10(9(8)3-1)12-5-4-11-13-7-14-15-11/h1,3,7-10,12H,2,4-6H2. The summed E-state index contributed by atoms with van der Waals surface area (Å²) < 4.78 is 4.94. The summed E-state index contributed by atoms with van der Waals surface area (Å²) in [7, 11) is 0. The van der Waals surface area contributed by atoms with E-state index in [4.69, 9.17) is 4.52 Å². The third kappa shape index (κ3) is 1.69. The molecule has 3 rings (SSSR count). The molecule has 1 aromatic heterocycles. The lowest BCUT2D eigenvalue weighted by molar-refractivity contribution is 0.163. The highest BCUT2D eigenvalue weighted by Gasteiger charge is 2.40. The van der Waals surface area contributed by atoms with Crippen LogP contribution in [0.4, 0.5) is 0 Å². The van der Waals surface area contributed by atoms with Crippen LogP contribution >= 0.6 is 0 Å². The van der Waals surface area contributed by atoms with E-state index in [9.17, 15) is 0 Å². The number of hydrogen-bond acceptors (Lipinski definition) is 4. The quantitative estimate of drug-likeness (QED) is 0.749. The van der Waals surface area contributed by atoms with Crippen LogP contribution in [-0.4, -0.2) is 22.7 Å². The SMILES string of the molecule is C1=CC2C(C1)CC2NCCc1ncno1. The largest absolute Gasteiger partial charge is 0.340 e. The molecule has 3 atom stereocenters. The molecule has 1 saturated carbocycles. The van der Waals surface area contributed by atoms with E-state index in [2.05, 4.69) is 27.6 Å². The monoisotopic (exact) mass is 205 g/mol. The van der Waals surface area contributed by atoms with Crippen molar-refractivity contribution >= 4 is 0 Å². The van der Waals surface area contributed by atoms with Crippen molar-refractivity contribution in [3.8, 4) is 0 Å². The smallest absolute Gasteiger partial charge is 0.227 e. The van der Waals surface area contributed by atoms with Gasteiger partial charge in [0.15, 0.2) is 6.33 Å². The number of nitrogens with zero attached hydrogens (tertiary/aromatic N) is 2. The maximum absolute atomic E-state index is 4.94. The second-order valence-electron chi connectivity index (χ2n) is 4.38. The molecule has 4 nitrogen and oxygen atoms in total. The maximum atomic E-state index is 4.94. The predicted octanol–water partition coefficient (Wildman–Crippen LogP) is 1.17. The molecule has 15 heavy (non-hydrogen) atoms. The number of fused-ring (bicyclic) bond motifs is 1. The summed E-state index contributed by atoms with van der Waals surface area (Å²) in [5.41, 5.74) is 0. The molecule has 0 amide bonds. The summed E-state index contributed by atoms with van der Waals surface area (Å²) in [6.45, 7) is 0.934. The number of hydrogen-bond donors (Lipinski definition) is 1. The third-order valence-corrected chi connectivity index (χ3v) is 3.52. The Morgan fingerprint density at radius 1 is 1.53 bits per heavy atom. The van der Waals surface area contributed by atoms with Gasteiger partial charge in [-0.3, -0.25) is 0 Å². The van der Waals surface area contributed by atoms with Crippen molar-refractivity contribution in [2.24, 2.45) is 11.8 Å². The Bertz CT molecular complexity index is 347. The van der Waals surface area contributed by atoms with E-state index in [-0.39, 0.29) is 0 Å². The van der Waals surface area contributed by atoms with E-state index in [1.807, 2.05) is 0 Å². The second-order valence-corrected chi connectivity index (χ2v) is 4.38. The Labute approximate surface area is 88.7 Å². The predicted molar refractivity (Wildman–Crippen MR) is 55.1 cm³/mol. The molecule has 0 spiro atoms. The van der Waals surface area contributed by atoms with Gasteiger partial charge < -0.3 is 9.84 Å². The highest BCUT2D eigenvalue weighted by atomic mass is 16.5. The number of rotatable bonds is 4. The van der Waals surface area contributed by atoms with Gasteiger partial charge in [0.2, 0.25) is 5.89 Å². The van der Waals surface area contributed by atoms with Crippen LogP contribution in [0, 0.1) is 11.8 Å². The van der Waals surface area contributed by atoms with Gasteiger partial charge in [0.25, 0.3) is 0 Å². The first kappa shape index (κ1) is 9.09. The Hall–Kier alpha value is -1.16.